The van der Waals surface area contributed by atoms with Crippen molar-refractivity contribution in [1.29, 1.82) is 0 Å². The average molecular weight is 476 g/mol. The number of pyridine rings is 1. The first-order valence-electron chi connectivity index (χ1n) is 8.75. The molecule has 0 saturated heterocycles. The number of benzene rings is 2. The lowest BCUT2D eigenvalue weighted by atomic mass is 10.0. The number of ether oxygens (including phenoxy) is 1. The van der Waals surface area contributed by atoms with Crippen molar-refractivity contribution in [2.45, 2.75) is 13.0 Å². The second kappa shape index (κ2) is 10.7. The highest BCUT2D eigenvalue weighted by Gasteiger charge is 2.08. The third-order valence-corrected chi connectivity index (χ3v) is 4.15. The number of hydrogen-bond acceptors (Lipinski definition) is 3. The van der Waals surface area contributed by atoms with Gasteiger partial charge in [-0.2, -0.15) is 0 Å². The fourth-order valence-electron chi connectivity index (χ4n) is 2.73. The van der Waals surface area contributed by atoms with Gasteiger partial charge in [-0.1, -0.05) is 36.4 Å². The van der Waals surface area contributed by atoms with Crippen LogP contribution >= 0.6 is 24.0 Å². The molecule has 2 aromatic carbocycles. The maximum atomic E-state index is 5.63. The molecule has 2 N–H and O–H groups in total. The Morgan fingerprint density at radius 2 is 1.93 bits per heavy atom. The molecule has 3 rings (SSSR count). The fourth-order valence-corrected chi connectivity index (χ4v) is 2.73. The Bertz CT molecular complexity index is 870. The number of nitrogens with zero attached hydrogens (tertiary/aromatic N) is 2. The molecular weight excluding hydrogens is 451 g/mol. The third kappa shape index (κ3) is 6.09. The molecule has 142 valence electrons. The van der Waals surface area contributed by atoms with Gasteiger partial charge in [-0.05, 0) is 41.5 Å². The van der Waals surface area contributed by atoms with Gasteiger partial charge in [0.2, 0.25) is 0 Å². The van der Waals surface area contributed by atoms with E-state index in [2.05, 4.69) is 70.0 Å². The van der Waals surface area contributed by atoms with Crippen molar-refractivity contribution in [3.05, 3.63) is 72.6 Å². The molecular formula is C21H25IN4O. The number of guanidine groups is 1. The summed E-state index contributed by atoms with van der Waals surface area (Å²) in [6.07, 6.45) is 3.43. The summed E-state index contributed by atoms with van der Waals surface area (Å²) in [6.45, 7) is 3.32. The van der Waals surface area contributed by atoms with Crippen LogP contribution in [0.3, 0.4) is 0 Å². The van der Waals surface area contributed by atoms with Gasteiger partial charge >= 0.3 is 0 Å². The van der Waals surface area contributed by atoms with Gasteiger partial charge in [0.1, 0.15) is 12.4 Å². The lowest BCUT2D eigenvalue weighted by Crippen LogP contribution is -2.40. The normalized spacial score (nSPS) is 12.1. The van der Waals surface area contributed by atoms with E-state index in [9.17, 15) is 0 Å². The van der Waals surface area contributed by atoms with E-state index in [0.29, 0.717) is 13.2 Å². The molecule has 0 amide bonds. The second-order valence-electron chi connectivity index (χ2n) is 6.01. The summed E-state index contributed by atoms with van der Waals surface area (Å²) in [5.74, 6) is 1.52. The van der Waals surface area contributed by atoms with Crippen LogP contribution in [-0.4, -0.2) is 31.1 Å². The van der Waals surface area contributed by atoms with E-state index < -0.39 is 0 Å². The Morgan fingerprint density at radius 3 is 2.67 bits per heavy atom. The van der Waals surface area contributed by atoms with Crippen molar-refractivity contribution in [2.75, 3.05) is 20.2 Å². The highest BCUT2D eigenvalue weighted by atomic mass is 127. The minimum Gasteiger partial charge on any atom is -0.490 e. The van der Waals surface area contributed by atoms with Gasteiger partial charge in [0.25, 0.3) is 0 Å². The molecule has 6 heteroatoms. The maximum Gasteiger partial charge on any atom is 0.191 e. The first kappa shape index (κ1) is 21.0. The van der Waals surface area contributed by atoms with E-state index in [1.54, 1.807) is 19.4 Å². The molecule has 0 aliphatic rings. The Kier molecular flexibility index (Phi) is 8.32. The van der Waals surface area contributed by atoms with E-state index in [0.717, 1.165) is 11.7 Å². The predicted molar refractivity (Wildman–Crippen MR) is 122 cm³/mol. The number of hydrogen-bond donors (Lipinski definition) is 2. The van der Waals surface area contributed by atoms with Crippen LogP contribution in [0, 0.1) is 0 Å². The van der Waals surface area contributed by atoms with E-state index in [-0.39, 0.29) is 30.0 Å². The molecule has 1 unspecified atom stereocenters. The minimum absolute atomic E-state index is 0. The van der Waals surface area contributed by atoms with E-state index in [1.807, 2.05) is 12.1 Å². The number of halogens is 1. The summed E-state index contributed by atoms with van der Waals surface area (Å²) < 4.78 is 5.63. The number of aliphatic imine (C=N–C) groups is 1. The van der Waals surface area contributed by atoms with E-state index in [4.69, 9.17) is 4.74 Å². The zero-order chi connectivity index (χ0) is 18.2. The second-order valence-corrected chi connectivity index (χ2v) is 6.01. The van der Waals surface area contributed by atoms with Crippen LogP contribution in [0.2, 0.25) is 0 Å². The van der Waals surface area contributed by atoms with Gasteiger partial charge in [-0.3, -0.25) is 9.98 Å². The molecule has 1 aromatic heterocycles. The topological polar surface area (TPSA) is 58.5 Å². The van der Waals surface area contributed by atoms with Gasteiger partial charge in [0.15, 0.2) is 5.96 Å². The van der Waals surface area contributed by atoms with Crippen LogP contribution in [0.15, 0.2) is 72.0 Å². The summed E-state index contributed by atoms with van der Waals surface area (Å²) in [6, 6.07) is 18.8. The van der Waals surface area contributed by atoms with Crippen LogP contribution in [0.1, 0.15) is 18.5 Å². The molecule has 5 nitrogen and oxygen atoms in total. The molecule has 27 heavy (non-hydrogen) atoms. The summed E-state index contributed by atoms with van der Waals surface area (Å²) in [5.41, 5.74) is 1.22. The molecule has 0 aliphatic carbocycles. The summed E-state index contributed by atoms with van der Waals surface area (Å²) >= 11 is 0. The monoisotopic (exact) mass is 476 g/mol. The zero-order valence-corrected chi connectivity index (χ0v) is 17.9. The van der Waals surface area contributed by atoms with Crippen molar-refractivity contribution in [3.8, 4) is 5.75 Å². The van der Waals surface area contributed by atoms with Gasteiger partial charge in [0, 0.05) is 13.2 Å². The Hall–Kier alpha value is -2.35. The number of fused-ring (bicyclic) bond motifs is 1. The van der Waals surface area contributed by atoms with Gasteiger partial charge in [-0.25, -0.2) is 0 Å². The molecule has 0 radical (unpaired) electrons. The number of rotatable bonds is 6. The van der Waals surface area contributed by atoms with Gasteiger partial charge in [-0.15, -0.1) is 24.0 Å². The Balaban J connectivity index is 0.00000261. The Morgan fingerprint density at radius 1 is 1.11 bits per heavy atom. The lowest BCUT2D eigenvalue weighted by Gasteiger charge is -2.19. The van der Waals surface area contributed by atoms with Crippen molar-refractivity contribution >= 4 is 40.7 Å². The van der Waals surface area contributed by atoms with Gasteiger partial charge in [0.05, 0.1) is 18.8 Å². The van der Waals surface area contributed by atoms with Crippen LogP contribution in [0.25, 0.3) is 10.8 Å². The third-order valence-electron chi connectivity index (χ3n) is 4.15. The highest BCUT2D eigenvalue weighted by Crippen LogP contribution is 2.20. The van der Waals surface area contributed by atoms with Crippen LogP contribution in [-0.2, 0) is 0 Å². The molecule has 3 aromatic rings. The smallest absolute Gasteiger partial charge is 0.191 e. The summed E-state index contributed by atoms with van der Waals surface area (Å²) in [7, 11) is 1.77. The predicted octanol–water partition coefficient (Wildman–Crippen LogP) is 4.16. The van der Waals surface area contributed by atoms with E-state index >= 15 is 0 Å². The van der Waals surface area contributed by atoms with E-state index in [1.165, 1.54) is 16.3 Å². The molecule has 1 atom stereocenters. The SMILES string of the molecule is CN=C(NCCOc1cccnc1)NC(C)c1ccc2ccccc2c1.I. The maximum absolute atomic E-state index is 5.63. The largest absolute Gasteiger partial charge is 0.490 e. The van der Waals surface area contributed by atoms with Crippen molar-refractivity contribution < 1.29 is 4.74 Å². The quantitative estimate of drug-likeness (QED) is 0.243. The summed E-state index contributed by atoms with van der Waals surface area (Å²) in [4.78, 5) is 8.31. The number of aromatic nitrogens is 1. The molecule has 0 spiro atoms. The molecule has 0 fully saturated rings. The van der Waals surface area contributed by atoms with Crippen molar-refractivity contribution in [1.82, 2.24) is 15.6 Å². The molecule has 0 saturated carbocycles. The van der Waals surface area contributed by atoms with Crippen molar-refractivity contribution in [3.63, 3.8) is 0 Å². The summed E-state index contributed by atoms with van der Waals surface area (Å²) in [5, 5.41) is 9.18. The first-order valence-corrected chi connectivity index (χ1v) is 8.75. The standard InChI is InChI=1S/C21H24N4O.HI/c1-16(18-10-9-17-6-3-4-7-19(17)14-18)25-21(22-2)24-12-13-26-20-8-5-11-23-15-20;/h3-11,14-16H,12-13H2,1-2H3,(H2,22,24,25);1H. The molecule has 1 heterocycles. The first-order chi connectivity index (χ1) is 12.8. The van der Waals surface area contributed by atoms with Crippen molar-refractivity contribution in [2.24, 2.45) is 4.99 Å². The lowest BCUT2D eigenvalue weighted by molar-refractivity contribution is 0.320. The Labute approximate surface area is 177 Å². The minimum atomic E-state index is 0. The van der Waals surface area contributed by atoms with Crippen LogP contribution in [0.4, 0.5) is 0 Å². The average Bonchev–Trinajstić information content (AvgIpc) is 2.70. The van der Waals surface area contributed by atoms with Crippen LogP contribution in [0.5, 0.6) is 5.75 Å². The number of nitrogens with one attached hydrogen (secondary N) is 2. The highest BCUT2D eigenvalue weighted by molar-refractivity contribution is 14.0. The molecule has 0 bridgehead atoms. The van der Waals surface area contributed by atoms with Gasteiger partial charge < -0.3 is 15.4 Å². The molecule has 0 aliphatic heterocycles. The van der Waals surface area contributed by atoms with Crippen LogP contribution < -0.4 is 15.4 Å². The zero-order valence-electron chi connectivity index (χ0n) is 15.6. The fraction of sp³-hybridized carbons (Fsp3) is 0.238.